The Labute approximate surface area is 162 Å². The highest BCUT2D eigenvalue weighted by atomic mass is 32.2. The van der Waals surface area contributed by atoms with Crippen LogP contribution in [0.3, 0.4) is 0 Å². The van der Waals surface area contributed by atoms with Gasteiger partial charge in [0.05, 0.1) is 4.90 Å². The molecule has 0 saturated heterocycles. The van der Waals surface area contributed by atoms with E-state index < -0.39 is 21.9 Å². The van der Waals surface area contributed by atoms with Crippen LogP contribution in [0.2, 0.25) is 0 Å². The molecule has 7 nitrogen and oxygen atoms in total. The van der Waals surface area contributed by atoms with Gasteiger partial charge in [0.1, 0.15) is 17.7 Å². The molecule has 9 heteroatoms. The second-order valence-corrected chi connectivity index (χ2v) is 7.89. The maximum absolute atomic E-state index is 14.4. The fraction of sp³-hybridized carbons (Fsp3) is 0.158. The van der Waals surface area contributed by atoms with Crippen molar-refractivity contribution in [2.45, 2.75) is 17.9 Å². The minimum Gasteiger partial charge on any atom is -0.336 e. The molecular formula is C19H19FN4O3S. The van der Waals surface area contributed by atoms with Gasteiger partial charge in [-0.15, -0.1) is 0 Å². The van der Waals surface area contributed by atoms with E-state index in [0.29, 0.717) is 11.5 Å². The van der Waals surface area contributed by atoms with E-state index in [4.69, 9.17) is 0 Å². The van der Waals surface area contributed by atoms with E-state index in [2.05, 4.69) is 15.0 Å². The lowest BCUT2D eigenvalue weighted by Crippen LogP contribution is -2.31. The molecule has 0 bridgehead atoms. The third kappa shape index (κ3) is 4.26. The van der Waals surface area contributed by atoms with Gasteiger partial charge in [-0.1, -0.05) is 18.2 Å². The molecule has 1 heterocycles. The van der Waals surface area contributed by atoms with Gasteiger partial charge in [-0.25, -0.2) is 17.8 Å². The van der Waals surface area contributed by atoms with E-state index in [0.717, 1.165) is 0 Å². The number of nitrogens with one attached hydrogen (secondary N) is 2. The standard InChI is InChI=1S/C19H19FN4O3S/c1-13(25)22-14-7-9-15(10-8-14)28(26,27)23-18(19-21-11-12-24(19)2)16-5-3-4-6-17(16)20/h3-12,18,23H,1-2H3,(H,22,25)/t18-/m1/s1. The molecule has 0 aliphatic heterocycles. The average molecular weight is 402 g/mol. The Morgan fingerprint density at radius 3 is 2.39 bits per heavy atom. The fourth-order valence-electron chi connectivity index (χ4n) is 2.76. The van der Waals surface area contributed by atoms with Gasteiger partial charge >= 0.3 is 0 Å². The molecule has 146 valence electrons. The molecule has 1 atom stereocenters. The SMILES string of the molecule is CC(=O)Nc1ccc(S(=O)(=O)N[C@H](c2ccccc2F)c2nccn2C)cc1. The highest BCUT2D eigenvalue weighted by molar-refractivity contribution is 7.89. The Hall–Kier alpha value is -3.04. The molecular weight excluding hydrogens is 383 g/mol. The van der Waals surface area contributed by atoms with Crippen molar-refractivity contribution in [2.75, 3.05) is 5.32 Å². The fourth-order valence-corrected chi connectivity index (χ4v) is 3.94. The van der Waals surface area contributed by atoms with Gasteiger partial charge in [0.25, 0.3) is 0 Å². The number of amides is 1. The number of anilines is 1. The highest BCUT2D eigenvalue weighted by Crippen LogP contribution is 2.26. The molecule has 0 radical (unpaired) electrons. The van der Waals surface area contributed by atoms with Gasteiger partial charge in [0.2, 0.25) is 15.9 Å². The lowest BCUT2D eigenvalue weighted by molar-refractivity contribution is -0.114. The average Bonchev–Trinajstić information content (AvgIpc) is 3.06. The summed E-state index contributed by atoms with van der Waals surface area (Å²) in [4.78, 5) is 15.3. The van der Waals surface area contributed by atoms with E-state index >= 15 is 0 Å². The summed E-state index contributed by atoms with van der Waals surface area (Å²) in [5, 5.41) is 2.57. The zero-order chi connectivity index (χ0) is 20.3. The third-order valence-electron chi connectivity index (χ3n) is 4.09. The Bertz CT molecular complexity index is 1090. The number of carbonyl (C=O) groups is 1. The van der Waals surface area contributed by atoms with Crippen LogP contribution in [0.1, 0.15) is 24.4 Å². The van der Waals surface area contributed by atoms with Crippen molar-refractivity contribution in [3.8, 4) is 0 Å². The van der Waals surface area contributed by atoms with Gasteiger partial charge in [0.15, 0.2) is 0 Å². The minimum atomic E-state index is -4.00. The van der Waals surface area contributed by atoms with E-state index in [1.807, 2.05) is 0 Å². The molecule has 3 aromatic rings. The quantitative estimate of drug-likeness (QED) is 0.663. The first-order chi connectivity index (χ1) is 13.3. The smallest absolute Gasteiger partial charge is 0.241 e. The van der Waals surface area contributed by atoms with E-state index in [1.54, 1.807) is 23.9 Å². The van der Waals surface area contributed by atoms with Crippen molar-refractivity contribution in [1.29, 1.82) is 0 Å². The second-order valence-electron chi connectivity index (χ2n) is 6.18. The second kappa shape index (κ2) is 7.91. The molecule has 0 aliphatic rings. The maximum atomic E-state index is 14.4. The number of imidazole rings is 1. The topological polar surface area (TPSA) is 93.1 Å². The number of nitrogens with zero attached hydrogens (tertiary/aromatic N) is 2. The summed E-state index contributed by atoms with van der Waals surface area (Å²) in [6, 6.07) is 10.6. The molecule has 0 aliphatic carbocycles. The first-order valence-electron chi connectivity index (χ1n) is 8.39. The summed E-state index contributed by atoms with van der Waals surface area (Å²) in [6.45, 7) is 1.36. The maximum Gasteiger partial charge on any atom is 0.241 e. The van der Waals surface area contributed by atoms with Crippen LogP contribution >= 0.6 is 0 Å². The van der Waals surface area contributed by atoms with Crippen LogP contribution in [0.15, 0.2) is 65.8 Å². The zero-order valence-corrected chi connectivity index (χ0v) is 16.1. The molecule has 2 N–H and O–H groups in total. The Kier molecular flexibility index (Phi) is 5.57. The van der Waals surface area contributed by atoms with Gasteiger partial charge in [-0.05, 0) is 30.3 Å². The number of hydrogen-bond acceptors (Lipinski definition) is 4. The van der Waals surface area contributed by atoms with Crippen LogP contribution < -0.4 is 10.0 Å². The van der Waals surface area contributed by atoms with Gasteiger partial charge in [-0.3, -0.25) is 4.79 Å². The lowest BCUT2D eigenvalue weighted by atomic mass is 10.1. The normalized spacial score (nSPS) is 12.5. The van der Waals surface area contributed by atoms with Crippen LogP contribution in [0.5, 0.6) is 0 Å². The predicted octanol–water partition coefficient (Wildman–Crippen LogP) is 2.59. The van der Waals surface area contributed by atoms with Crippen molar-refractivity contribution in [2.24, 2.45) is 7.05 Å². The van der Waals surface area contributed by atoms with Crippen LogP contribution in [-0.2, 0) is 21.9 Å². The Morgan fingerprint density at radius 1 is 1.14 bits per heavy atom. The molecule has 0 fully saturated rings. The molecule has 3 rings (SSSR count). The molecule has 1 aromatic heterocycles. The number of hydrogen-bond donors (Lipinski definition) is 2. The van der Waals surface area contributed by atoms with Gasteiger partial charge < -0.3 is 9.88 Å². The number of carbonyl (C=O) groups excluding carboxylic acids is 1. The molecule has 28 heavy (non-hydrogen) atoms. The van der Waals surface area contributed by atoms with Crippen molar-refractivity contribution in [3.63, 3.8) is 0 Å². The van der Waals surface area contributed by atoms with E-state index in [-0.39, 0.29) is 16.4 Å². The zero-order valence-electron chi connectivity index (χ0n) is 15.3. The highest BCUT2D eigenvalue weighted by Gasteiger charge is 2.27. The largest absolute Gasteiger partial charge is 0.336 e. The van der Waals surface area contributed by atoms with Gasteiger partial charge in [0, 0.05) is 37.6 Å². The molecule has 0 unspecified atom stereocenters. The van der Waals surface area contributed by atoms with Crippen LogP contribution in [0.25, 0.3) is 0 Å². The summed E-state index contributed by atoms with van der Waals surface area (Å²) in [7, 11) is -2.29. The van der Waals surface area contributed by atoms with Crippen LogP contribution in [0.4, 0.5) is 10.1 Å². The third-order valence-corrected chi connectivity index (χ3v) is 5.53. The van der Waals surface area contributed by atoms with Crippen LogP contribution in [0, 0.1) is 5.82 Å². The molecule has 0 saturated carbocycles. The Balaban J connectivity index is 1.97. The Morgan fingerprint density at radius 2 is 1.82 bits per heavy atom. The minimum absolute atomic E-state index is 0.0165. The summed E-state index contributed by atoms with van der Waals surface area (Å²) < 4.78 is 44.4. The monoisotopic (exact) mass is 402 g/mol. The predicted molar refractivity (Wildman–Crippen MR) is 103 cm³/mol. The molecule has 2 aromatic carbocycles. The van der Waals surface area contributed by atoms with Crippen molar-refractivity contribution in [3.05, 3.63) is 78.1 Å². The molecule has 1 amide bonds. The van der Waals surface area contributed by atoms with E-state index in [9.17, 15) is 17.6 Å². The van der Waals surface area contributed by atoms with Crippen molar-refractivity contribution >= 4 is 21.6 Å². The van der Waals surface area contributed by atoms with Crippen molar-refractivity contribution < 1.29 is 17.6 Å². The van der Waals surface area contributed by atoms with E-state index in [1.165, 1.54) is 55.6 Å². The number of halogens is 1. The molecule has 0 spiro atoms. The number of rotatable bonds is 6. The number of benzene rings is 2. The number of aryl methyl sites for hydroxylation is 1. The lowest BCUT2D eigenvalue weighted by Gasteiger charge is -2.20. The van der Waals surface area contributed by atoms with Crippen molar-refractivity contribution in [1.82, 2.24) is 14.3 Å². The first kappa shape index (κ1) is 19.7. The summed E-state index contributed by atoms with van der Waals surface area (Å²) >= 11 is 0. The number of sulfonamides is 1. The first-order valence-corrected chi connectivity index (χ1v) is 9.88. The van der Waals surface area contributed by atoms with Gasteiger partial charge in [-0.2, -0.15) is 4.72 Å². The van der Waals surface area contributed by atoms with Crippen LogP contribution in [-0.4, -0.2) is 23.9 Å². The summed E-state index contributed by atoms with van der Waals surface area (Å²) in [6.07, 6.45) is 3.17. The number of aromatic nitrogens is 2. The summed E-state index contributed by atoms with van der Waals surface area (Å²) in [5.41, 5.74) is 0.636. The summed E-state index contributed by atoms with van der Waals surface area (Å²) in [5.74, 6) is -0.453.